The Bertz CT molecular complexity index is 630. The normalized spacial score (nSPS) is 12.9. The predicted molar refractivity (Wildman–Crippen MR) is 70.7 cm³/mol. The van der Waals surface area contributed by atoms with Crippen molar-refractivity contribution in [2.75, 3.05) is 6.79 Å². The number of aromatic nitrogens is 2. The van der Waals surface area contributed by atoms with E-state index in [4.69, 9.17) is 21.7 Å². The second-order valence-corrected chi connectivity index (χ2v) is 4.60. The maximum atomic E-state index is 5.38. The standard InChI is InChI=1S/C13H14N2O2S/c1-2-10-6-14-13(18)15(10)7-9-3-4-11-12(5-9)17-8-16-11/h3-6H,2,7-8H2,1H3,(H,14,18). The molecule has 0 radical (unpaired) electrons. The second kappa shape index (κ2) is 4.49. The van der Waals surface area contributed by atoms with Crippen LogP contribution in [0, 0.1) is 4.77 Å². The molecule has 94 valence electrons. The highest BCUT2D eigenvalue weighted by Gasteiger charge is 2.13. The van der Waals surface area contributed by atoms with Gasteiger partial charge in [-0.3, -0.25) is 0 Å². The van der Waals surface area contributed by atoms with E-state index in [2.05, 4.69) is 16.5 Å². The maximum absolute atomic E-state index is 5.38. The molecule has 0 aliphatic carbocycles. The highest BCUT2D eigenvalue weighted by molar-refractivity contribution is 7.71. The SMILES string of the molecule is CCc1c[nH]c(=S)n1Cc1ccc2c(c1)OCO2. The summed E-state index contributed by atoms with van der Waals surface area (Å²) in [6, 6.07) is 6.00. The van der Waals surface area contributed by atoms with Gasteiger partial charge in [0.2, 0.25) is 6.79 Å². The van der Waals surface area contributed by atoms with E-state index in [-0.39, 0.29) is 0 Å². The van der Waals surface area contributed by atoms with E-state index in [0.717, 1.165) is 34.8 Å². The average molecular weight is 262 g/mol. The number of aryl methyl sites for hydroxylation is 1. The number of benzene rings is 1. The summed E-state index contributed by atoms with van der Waals surface area (Å²) >= 11 is 5.29. The van der Waals surface area contributed by atoms with Crippen LogP contribution in [-0.4, -0.2) is 16.3 Å². The summed E-state index contributed by atoms with van der Waals surface area (Å²) in [6.07, 6.45) is 2.92. The number of fused-ring (bicyclic) bond motifs is 1. The lowest BCUT2D eigenvalue weighted by atomic mass is 10.2. The van der Waals surface area contributed by atoms with Gasteiger partial charge in [0.1, 0.15) is 0 Å². The molecule has 4 nitrogen and oxygen atoms in total. The number of hydrogen-bond acceptors (Lipinski definition) is 3. The molecule has 3 rings (SSSR count). The minimum absolute atomic E-state index is 0.308. The fourth-order valence-electron chi connectivity index (χ4n) is 2.12. The Kier molecular flexibility index (Phi) is 2.83. The van der Waals surface area contributed by atoms with Crippen molar-refractivity contribution in [3.63, 3.8) is 0 Å². The monoisotopic (exact) mass is 262 g/mol. The van der Waals surface area contributed by atoms with Gasteiger partial charge in [-0.25, -0.2) is 0 Å². The molecule has 1 aliphatic rings. The van der Waals surface area contributed by atoms with Crippen molar-refractivity contribution in [2.45, 2.75) is 19.9 Å². The Balaban J connectivity index is 1.92. The van der Waals surface area contributed by atoms with Gasteiger partial charge in [0.05, 0.1) is 6.54 Å². The van der Waals surface area contributed by atoms with Crippen molar-refractivity contribution >= 4 is 12.2 Å². The van der Waals surface area contributed by atoms with Gasteiger partial charge in [-0.2, -0.15) is 0 Å². The van der Waals surface area contributed by atoms with E-state index >= 15 is 0 Å². The molecule has 0 amide bonds. The van der Waals surface area contributed by atoms with Gasteiger partial charge in [0, 0.05) is 11.9 Å². The van der Waals surface area contributed by atoms with E-state index in [1.807, 2.05) is 24.4 Å². The van der Waals surface area contributed by atoms with Crippen LogP contribution in [0.25, 0.3) is 0 Å². The topological polar surface area (TPSA) is 39.2 Å². The Hall–Kier alpha value is -1.75. The van der Waals surface area contributed by atoms with E-state index < -0.39 is 0 Å². The van der Waals surface area contributed by atoms with Crippen LogP contribution in [0.5, 0.6) is 11.5 Å². The van der Waals surface area contributed by atoms with Gasteiger partial charge in [-0.05, 0) is 36.3 Å². The summed E-state index contributed by atoms with van der Waals surface area (Å²) in [5, 5.41) is 0. The zero-order valence-electron chi connectivity index (χ0n) is 10.1. The van der Waals surface area contributed by atoms with E-state index in [1.54, 1.807) is 0 Å². The van der Waals surface area contributed by atoms with Crippen molar-refractivity contribution in [3.05, 3.63) is 40.4 Å². The molecule has 2 aromatic rings. The Morgan fingerprint density at radius 3 is 3.00 bits per heavy atom. The van der Waals surface area contributed by atoms with Crippen LogP contribution >= 0.6 is 12.2 Å². The van der Waals surface area contributed by atoms with Gasteiger partial charge >= 0.3 is 0 Å². The first kappa shape index (κ1) is 11.3. The molecule has 2 heterocycles. The van der Waals surface area contributed by atoms with Crippen LogP contribution in [0.15, 0.2) is 24.4 Å². The summed E-state index contributed by atoms with van der Waals surface area (Å²) in [5.41, 5.74) is 2.36. The summed E-state index contributed by atoms with van der Waals surface area (Å²) in [4.78, 5) is 3.08. The molecule has 0 atom stereocenters. The molecular weight excluding hydrogens is 248 g/mol. The molecule has 0 saturated carbocycles. The minimum atomic E-state index is 0.308. The minimum Gasteiger partial charge on any atom is -0.454 e. The third-order valence-electron chi connectivity index (χ3n) is 3.09. The number of rotatable bonds is 3. The number of ether oxygens (including phenoxy) is 2. The van der Waals surface area contributed by atoms with Crippen molar-refractivity contribution in [3.8, 4) is 11.5 Å². The van der Waals surface area contributed by atoms with Gasteiger partial charge in [-0.15, -0.1) is 0 Å². The first-order valence-electron chi connectivity index (χ1n) is 5.93. The molecular formula is C13H14N2O2S. The van der Waals surface area contributed by atoms with Gasteiger partial charge in [0.15, 0.2) is 16.3 Å². The predicted octanol–water partition coefficient (Wildman–Crippen LogP) is 2.89. The highest BCUT2D eigenvalue weighted by atomic mass is 32.1. The lowest BCUT2D eigenvalue weighted by Gasteiger charge is -2.07. The van der Waals surface area contributed by atoms with Crippen LogP contribution in [0.3, 0.4) is 0 Å². The fraction of sp³-hybridized carbons (Fsp3) is 0.308. The molecule has 0 saturated heterocycles. The molecule has 0 fully saturated rings. The van der Waals surface area contributed by atoms with Crippen LogP contribution in [0.4, 0.5) is 0 Å². The zero-order chi connectivity index (χ0) is 12.5. The third-order valence-corrected chi connectivity index (χ3v) is 3.43. The van der Waals surface area contributed by atoms with Crippen LogP contribution in [0.2, 0.25) is 0 Å². The van der Waals surface area contributed by atoms with Gasteiger partial charge < -0.3 is 19.0 Å². The number of nitrogens with one attached hydrogen (secondary N) is 1. The molecule has 0 unspecified atom stereocenters. The largest absolute Gasteiger partial charge is 0.454 e. The highest BCUT2D eigenvalue weighted by Crippen LogP contribution is 2.32. The lowest BCUT2D eigenvalue weighted by molar-refractivity contribution is 0.174. The number of H-pyrrole nitrogens is 1. The Morgan fingerprint density at radius 1 is 1.33 bits per heavy atom. The maximum Gasteiger partial charge on any atom is 0.231 e. The average Bonchev–Trinajstić information content (AvgIpc) is 2.97. The van der Waals surface area contributed by atoms with E-state index in [1.165, 1.54) is 5.69 Å². The first-order chi connectivity index (χ1) is 8.78. The first-order valence-corrected chi connectivity index (χ1v) is 6.34. The molecule has 1 aromatic carbocycles. The zero-order valence-corrected chi connectivity index (χ0v) is 10.9. The number of imidazole rings is 1. The number of aromatic amines is 1. The summed E-state index contributed by atoms with van der Waals surface area (Å²) < 4.78 is 13.5. The lowest BCUT2D eigenvalue weighted by Crippen LogP contribution is -2.03. The van der Waals surface area contributed by atoms with Crippen molar-refractivity contribution < 1.29 is 9.47 Å². The van der Waals surface area contributed by atoms with Crippen molar-refractivity contribution in [2.24, 2.45) is 0 Å². The fourth-order valence-corrected chi connectivity index (χ4v) is 2.36. The number of hydrogen-bond donors (Lipinski definition) is 1. The van der Waals surface area contributed by atoms with Crippen LogP contribution < -0.4 is 9.47 Å². The summed E-state index contributed by atoms with van der Waals surface area (Å²) in [7, 11) is 0. The number of nitrogens with zero attached hydrogens (tertiary/aromatic N) is 1. The van der Waals surface area contributed by atoms with Gasteiger partial charge in [-0.1, -0.05) is 13.0 Å². The van der Waals surface area contributed by atoms with Crippen molar-refractivity contribution in [1.29, 1.82) is 0 Å². The molecule has 1 aromatic heterocycles. The molecule has 0 bridgehead atoms. The smallest absolute Gasteiger partial charge is 0.231 e. The Labute approximate surface area is 110 Å². The van der Waals surface area contributed by atoms with E-state index in [9.17, 15) is 0 Å². The molecule has 1 N–H and O–H groups in total. The van der Waals surface area contributed by atoms with Crippen molar-refractivity contribution in [1.82, 2.24) is 9.55 Å². The quantitative estimate of drug-likeness (QED) is 0.864. The molecule has 18 heavy (non-hydrogen) atoms. The molecule has 0 spiro atoms. The Morgan fingerprint density at radius 2 is 2.17 bits per heavy atom. The van der Waals surface area contributed by atoms with Gasteiger partial charge in [0.25, 0.3) is 0 Å². The second-order valence-electron chi connectivity index (χ2n) is 4.21. The summed E-state index contributed by atoms with van der Waals surface area (Å²) in [6.45, 7) is 3.18. The van der Waals surface area contributed by atoms with Crippen LogP contribution in [0.1, 0.15) is 18.2 Å². The molecule has 1 aliphatic heterocycles. The summed E-state index contributed by atoms with van der Waals surface area (Å²) in [5.74, 6) is 1.62. The third kappa shape index (κ3) is 1.90. The van der Waals surface area contributed by atoms with Crippen LogP contribution in [-0.2, 0) is 13.0 Å². The van der Waals surface area contributed by atoms with E-state index in [0.29, 0.717) is 6.79 Å². The molecule has 5 heteroatoms.